The summed E-state index contributed by atoms with van der Waals surface area (Å²) in [6.07, 6.45) is 1.43. The van der Waals surface area contributed by atoms with Crippen molar-refractivity contribution >= 4 is 17.5 Å². The second kappa shape index (κ2) is 7.58. The number of hydrogen-bond donors (Lipinski definition) is 1. The summed E-state index contributed by atoms with van der Waals surface area (Å²) in [7, 11) is 1.50. The average molecular weight is 374 g/mol. The maximum absolute atomic E-state index is 13.1. The fourth-order valence-electron chi connectivity index (χ4n) is 4.78. The van der Waals surface area contributed by atoms with Gasteiger partial charge in [0.2, 0.25) is 5.91 Å². The number of para-hydroxylation sites is 1. The number of likely N-dealkylation sites (tertiary alicyclic amines) is 1. The summed E-state index contributed by atoms with van der Waals surface area (Å²) in [5.74, 6) is -0.0398. The molecule has 146 valence electrons. The normalized spacial score (nSPS) is 27.6. The Balaban J connectivity index is 1.64. The van der Waals surface area contributed by atoms with Crippen LogP contribution >= 0.6 is 0 Å². The van der Waals surface area contributed by atoms with Gasteiger partial charge in [0.1, 0.15) is 6.61 Å². The molecule has 3 aliphatic rings. The zero-order valence-corrected chi connectivity index (χ0v) is 15.5. The minimum absolute atomic E-state index is 0.00304. The molecule has 1 aromatic carbocycles. The molecule has 3 aliphatic heterocycles. The van der Waals surface area contributed by atoms with Crippen molar-refractivity contribution in [3.05, 3.63) is 29.8 Å². The molecule has 3 heterocycles. The van der Waals surface area contributed by atoms with Crippen LogP contribution in [0.2, 0.25) is 0 Å². The standard InChI is InChI=1S/C20H26N2O5/c1-26-12-18(24)21-10-16-19(14-4-2-3-5-15(14)21)17(11-23)22(16)20(25)13-6-8-27-9-7-13/h2-5,13,16-17,19,23H,6-12H2,1H3/t16-,17-,19+/m0/s1. The molecule has 2 saturated heterocycles. The minimum atomic E-state index is -0.230. The second-order valence-electron chi connectivity index (χ2n) is 7.47. The average Bonchev–Trinajstić information content (AvgIpc) is 2.69. The SMILES string of the molecule is COCC(=O)N1C[C@H]2[C@@H](c3ccccc31)[C@H](CO)N2C(=O)C1CCOCC1. The van der Waals surface area contributed by atoms with Crippen molar-refractivity contribution in [2.75, 3.05) is 45.0 Å². The van der Waals surface area contributed by atoms with Gasteiger partial charge in [-0.3, -0.25) is 9.59 Å². The maximum Gasteiger partial charge on any atom is 0.253 e. The summed E-state index contributed by atoms with van der Waals surface area (Å²) in [4.78, 5) is 29.3. The van der Waals surface area contributed by atoms with Gasteiger partial charge in [0.25, 0.3) is 5.91 Å². The number of carbonyl (C=O) groups is 2. The maximum atomic E-state index is 13.1. The largest absolute Gasteiger partial charge is 0.394 e. The Morgan fingerprint density at radius 3 is 2.70 bits per heavy atom. The van der Waals surface area contributed by atoms with E-state index in [0.29, 0.717) is 32.6 Å². The molecule has 0 aliphatic carbocycles. The number of benzene rings is 1. The third kappa shape index (κ3) is 3.03. The monoisotopic (exact) mass is 374 g/mol. The number of hydrogen-bond acceptors (Lipinski definition) is 5. The van der Waals surface area contributed by atoms with Crippen LogP contribution in [-0.4, -0.2) is 74.0 Å². The Morgan fingerprint density at radius 1 is 1.26 bits per heavy atom. The smallest absolute Gasteiger partial charge is 0.253 e. The fraction of sp³-hybridized carbons (Fsp3) is 0.600. The van der Waals surface area contributed by atoms with Gasteiger partial charge in [-0.2, -0.15) is 0 Å². The molecular formula is C20H26N2O5. The zero-order valence-electron chi connectivity index (χ0n) is 15.5. The first-order chi connectivity index (χ1) is 13.2. The van der Waals surface area contributed by atoms with Crippen molar-refractivity contribution < 1.29 is 24.2 Å². The molecule has 27 heavy (non-hydrogen) atoms. The number of nitrogens with zero attached hydrogens (tertiary/aromatic N) is 2. The van der Waals surface area contributed by atoms with Crippen molar-refractivity contribution in [2.45, 2.75) is 30.8 Å². The summed E-state index contributed by atoms with van der Waals surface area (Å²) in [5, 5.41) is 10.0. The molecule has 2 fully saturated rings. The molecule has 1 N–H and O–H groups in total. The Kier molecular flexibility index (Phi) is 5.16. The van der Waals surface area contributed by atoms with Crippen molar-refractivity contribution in [2.24, 2.45) is 5.92 Å². The number of aliphatic hydroxyl groups is 1. The molecule has 0 spiro atoms. The molecule has 0 bridgehead atoms. The summed E-state index contributed by atoms with van der Waals surface area (Å²) in [6, 6.07) is 7.44. The first-order valence-electron chi connectivity index (χ1n) is 9.56. The van der Waals surface area contributed by atoms with Gasteiger partial charge in [0, 0.05) is 44.4 Å². The molecule has 7 nitrogen and oxygen atoms in total. The van der Waals surface area contributed by atoms with Crippen LogP contribution < -0.4 is 4.90 Å². The molecule has 0 unspecified atom stereocenters. The molecule has 0 aromatic heterocycles. The van der Waals surface area contributed by atoms with E-state index in [1.54, 1.807) is 4.90 Å². The number of anilines is 1. The number of methoxy groups -OCH3 is 1. The molecule has 0 radical (unpaired) electrons. The van der Waals surface area contributed by atoms with E-state index in [-0.39, 0.29) is 48.9 Å². The van der Waals surface area contributed by atoms with Gasteiger partial charge in [-0.1, -0.05) is 18.2 Å². The number of aliphatic hydroxyl groups excluding tert-OH is 1. The summed E-state index contributed by atoms with van der Waals surface area (Å²) in [6.45, 7) is 1.57. The lowest BCUT2D eigenvalue weighted by atomic mass is 9.71. The van der Waals surface area contributed by atoms with Crippen LogP contribution in [0, 0.1) is 5.92 Å². The lowest BCUT2D eigenvalue weighted by molar-refractivity contribution is -0.158. The van der Waals surface area contributed by atoms with Gasteiger partial charge in [-0.15, -0.1) is 0 Å². The van der Waals surface area contributed by atoms with Gasteiger partial charge in [0.15, 0.2) is 0 Å². The van der Waals surface area contributed by atoms with E-state index in [9.17, 15) is 14.7 Å². The third-order valence-corrected chi connectivity index (χ3v) is 6.08. The molecule has 7 heteroatoms. The van der Waals surface area contributed by atoms with E-state index < -0.39 is 0 Å². The van der Waals surface area contributed by atoms with Gasteiger partial charge in [0.05, 0.1) is 18.7 Å². The van der Waals surface area contributed by atoms with E-state index >= 15 is 0 Å². The van der Waals surface area contributed by atoms with E-state index in [1.807, 2.05) is 29.2 Å². The van der Waals surface area contributed by atoms with Crippen LogP contribution in [-0.2, 0) is 19.1 Å². The number of carbonyl (C=O) groups excluding carboxylic acids is 2. The molecule has 3 atom stereocenters. The Morgan fingerprint density at radius 2 is 2.00 bits per heavy atom. The van der Waals surface area contributed by atoms with E-state index in [4.69, 9.17) is 9.47 Å². The predicted molar refractivity (Wildman–Crippen MR) is 98.5 cm³/mol. The van der Waals surface area contributed by atoms with Crippen LogP contribution in [0.15, 0.2) is 24.3 Å². The van der Waals surface area contributed by atoms with Crippen molar-refractivity contribution in [3.8, 4) is 0 Å². The van der Waals surface area contributed by atoms with Gasteiger partial charge in [-0.05, 0) is 24.5 Å². The lowest BCUT2D eigenvalue weighted by Gasteiger charge is -2.59. The van der Waals surface area contributed by atoms with Crippen LogP contribution in [0.5, 0.6) is 0 Å². The van der Waals surface area contributed by atoms with Gasteiger partial charge >= 0.3 is 0 Å². The van der Waals surface area contributed by atoms with Crippen LogP contribution in [0.3, 0.4) is 0 Å². The van der Waals surface area contributed by atoms with Gasteiger partial charge in [-0.25, -0.2) is 0 Å². The number of fused-ring (bicyclic) bond motifs is 3. The summed E-state index contributed by atoms with van der Waals surface area (Å²) < 4.78 is 10.4. The van der Waals surface area contributed by atoms with Gasteiger partial charge < -0.3 is 24.4 Å². The highest BCUT2D eigenvalue weighted by atomic mass is 16.5. The Labute approximate surface area is 158 Å². The van der Waals surface area contributed by atoms with Crippen molar-refractivity contribution in [1.82, 2.24) is 4.90 Å². The van der Waals surface area contributed by atoms with E-state index in [1.165, 1.54) is 7.11 Å². The summed E-state index contributed by atoms with van der Waals surface area (Å²) >= 11 is 0. The Hall–Kier alpha value is -1.96. The number of amides is 2. The molecule has 1 aromatic rings. The quantitative estimate of drug-likeness (QED) is 0.842. The van der Waals surface area contributed by atoms with Crippen LogP contribution in [0.1, 0.15) is 24.3 Å². The lowest BCUT2D eigenvalue weighted by Crippen LogP contribution is -2.71. The van der Waals surface area contributed by atoms with E-state index in [2.05, 4.69) is 0 Å². The zero-order chi connectivity index (χ0) is 19.0. The Bertz CT molecular complexity index is 718. The third-order valence-electron chi connectivity index (χ3n) is 6.08. The second-order valence-corrected chi connectivity index (χ2v) is 7.47. The molecular weight excluding hydrogens is 348 g/mol. The summed E-state index contributed by atoms with van der Waals surface area (Å²) in [5.41, 5.74) is 1.88. The highest BCUT2D eigenvalue weighted by molar-refractivity contribution is 5.96. The topological polar surface area (TPSA) is 79.3 Å². The molecule has 2 amide bonds. The van der Waals surface area contributed by atoms with E-state index in [0.717, 1.165) is 11.3 Å². The molecule has 4 rings (SSSR count). The highest BCUT2D eigenvalue weighted by Gasteiger charge is 2.55. The first kappa shape index (κ1) is 18.4. The fourth-order valence-corrected chi connectivity index (χ4v) is 4.78. The molecule has 0 saturated carbocycles. The van der Waals surface area contributed by atoms with Crippen molar-refractivity contribution in [3.63, 3.8) is 0 Å². The minimum Gasteiger partial charge on any atom is -0.394 e. The number of rotatable bonds is 4. The van der Waals surface area contributed by atoms with Crippen LogP contribution in [0.4, 0.5) is 5.69 Å². The number of ether oxygens (including phenoxy) is 2. The highest BCUT2D eigenvalue weighted by Crippen LogP contribution is 2.48. The van der Waals surface area contributed by atoms with Crippen LogP contribution in [0.25, 0.3) is 0 Å². The van der Waals surface area contributed by atoms with Crippen molar-refractivity contribution in [1.29, 1.82) is 0 Å². The predicted octanol–water partition coefficient (Wildman–Crippen LogP) is 0.761. The first-order valence-corrected chi connectivity index (χ1v) is 9.56.